The van der Waals surface area contributed by atoms with Crippen LogP contribution in [-0.2, 0) is 17.8 Å². The lowest BCUT2D eigenvalue weighted by molar-refractivity contribution is -0.133. The minimum absolute atomic E-state index is 0.130. The van der Waals surface area contributed by atoms with Crippen LogP contribution in [0.4, 0.5) is 5.82 Å². The molecule has 2 heterocycles. The van der Waals surface area contributed by atoms with Crippen molar-refractivity contribution in [3.05, 3.63) is 52.7 Å². The van der Waals surface area contributed by atoms with Gasteiger partial charge in [-0.2, -0.15) is 5.10 Å². The van der Waals surface area contributed by atoms with Crippen LogP contribution < -0.4 is 5.73 Å². The van der Waals surface area contributed by atoms with Gasteiger partial charge in [-0.25, -0.2) is 0 Å². The molecule has 0 unspecified atom stereocenters. The zero-order chi connectivity index (χ0) is 16.0. The number of aromatic nitrogens is 2. The molecule has 2 atom stereocenters. The number of fused-ring (bicyclic) bond motifs is 1. The lowest BCUT2D eigenvalue weighted by Gasteiger charge is -2.28. The van der Waals surface area contributed by atoms with Gasteiger partial charge in [0.15, 0.2) is 0 Å². The summed E-state index contributed by atoms with van der Waals surface area (Å²) >= 11 is 0. The number of hydrogen-bond donors (Lipinski definition) is 1. The molecule has 2 aliphatic rings. The van der Waals surface area contributed by atoms with Crippen molar-refractivity contribution in [2.24, 2.45) is 5.92 Å². The zero-order valence-corrected chi connectivity index (χ0v) is 13.2. The Balaban J connectivity index is 1.47. The molecule has 2 aromatic rings. The van der Waals surface area contributed by atoms with Gasteiger partial charge in [0.1, 0.15) is 5.82 Å². The van der Waals surface area contributed by atoms with Crippen molar-refractivity contribution >= 4 is 11.7 Å². The molecule has 1 aromatic heterocycles. The third-order valence-corrected chi connectivity index (χ3v) is 4.85. The van der Waals surface area contributed by atoms with Crippen molar-refractivity contribution in [3.8, 4) is 0 Å². The van der Waals surface area contributed by atoms with Gasteiger partial charge in [-0.05, 0) is 36.5 Å². The van der Waals surface area contributed by atoms with Gasteiger partial charge in [0, 0.05) is 25.4 Å². The Kier molecular flexibility index (Phi) is 3.29. The fourth-order valence-electron chi connectivity index (χ4n) is 3.51. The molecule has 1 amide bonds. The van der Waals surface area contributed by atoms with Crippen molar-refractivity contribution in [2.75, 3.05) is 12.3 Å². The number of hydrogen-bond acceptors (Lipinski definition) is 4. The Morgan fingerprint density at radius 1 is 1.30 bits per heavy atom. The van der Waals surface area contributed by atoms with Gasteiger partial charge < -0.3 is 10.6 Å². The van der Waals surface area contributed by atoms with Crippen LogP contribution in [0.5, 0.6) is 0 Å². The van der Waals surface area contributed by atoms with Gasteiger partial charge in [-0.3, -0.25) is 4.79 Å². The Labute approximate surface area is 135 Å². The van der Waals surface area contributed by atoms with Crippen LogP contribution in [0.3, 0.4) is 0 Å². The van der Waals surface area contributed by atoms with Crippen molar-refractivity contribution in [3.63, 3.8) is 0 Å². The molecule has 1 aliphatic heterocycles. The smallest absolute Gasteiger partial charge is 0.226 e. The van der Waals surface area contributed by atoms with Gasteiger partial charge in [0.05, 0.1) is 5.69 Å². The van der Waals surface area contributed by atoms with E-state index in [1.807, 2.05) is 11.0 Å². The van der Waals surface area contributed by atoms with E-state index in [2.05, 4.69) is 41.4 Å². The average molecular weight is 308 g/mol. The van der Waals surface area contributed by atoms with Gasteiger partial charge in [0.2, 0.25) is 5.91 Å². The fraction of sp³-hybridized carbons (Fsp3) is 0.389. The summed E-state index contributed by atoms with van der Waals surface area (Å²) in [5.74, 6) is 1.19. The first-order chi connectivity index (χ1) is 11.1. The van der Waals surface area contributed by atoms with Crippen molar-refractivity contribution in [1.82, 2.24) is 15.1 Å². The number of nitrogens with two attached hydrogens (primary N) is 1. The summed E-state index contributed by atoms with van der Waals surface area (Å²) < 4.78 is 0. The van der Waals surface area contributed by atoms with Crippen LogP contribution in [0.15, 0.2) is 30.3 Å². The second-order valence-corrected chi connectivity index (χ2v) is 6.61. The molecular weight excluding hydrogens is 288 g/mol. The summed E-state index contributed by atoms with van der Waals surface area (Å²) in [6, 6.07) is 10.3. The van der Waals surface area contributed by atoms with E-state index in [-0.39, 0.29) is 11.8 Å². The van der Waals surface area contributed by atoms with Crippen LogP contribution in [0.1, 0.15) is 34.7 Å². The lowest BCUT2D eigenvalue weighted by Crippen LogP contribution is -2.37. The average Bonchev–Trinajstić information content (AvgIpc) is 3.34. The Bertz CT molecular complexity index is 773. The number of amides is 1. The minimum atomic E-state index is 0.130. The highest BCUT2D eigenvalue weighted by atomic mass is 16.2. The Morgan fingerprint density at radius 2 is 2.17 bits per heavy atom. The number of nitrogen functional groups attached to an aromatic ring is 1. The quantitative estimate of drug-likeness (QED) is 0.921. The normalized spacial score (nSPS) is 22.6. The van der Waals surface area contributed by atoms with Crippen molar-refractivity contribution < 1.29 is 4.79 Å². The van der Waals surface area contributed by atoms with Gasteiger partial charge >= 0.3 is 0 Å². The molecule has 4 rings (SSSR count). The van der Waals surface area contributed by atoms with E-state index >= 15 is 0 Å². The van der Waals surface area contributed by atoms with E-state index < -0.39 is 0 Å². The predicted molar refractivity (Wildman–Crippen MR) is 87.6 cm³/mol. The van der Waals surface area contributed by atoms with Crippen LogP contribution in [0.2, 0.25) is 0 Å². The molecule has 2 N–H and O–H groups in total. The summed E-state index contributed by atoms with van der Waals surface area (Å²) in [6.45, 7) is 3.42. The first-order valence-electron chi connectivity index (χ1n) is 8.08. The maximum absolute atomic E-state index is 12.8. The first-order valence-corrected chi connectivity index (χ1v) is 8.08. The van der Waals surface area contributed by atoms with E-state index in [4.69, 9.17) is 5.73 Å². The molecule has 0 bridgehead atoms. The molecule has 23 heavy (non-hydrogen) atoms. The predicted octanol–water partition coefficient (Wildman–Crippen LogP) is 2.06. The molecule has 5 heteroatoms. The number of aryl methyl sites for hydroxylation is 1. The second-order valence-electron chi connectivity index (χ2n) is 6.61. The standard InChI is InChI=1S/C18H20N4O/c1-11-3-2-4-12(7-11)14-9-15(14)18(23)22-6-5-16-13(10-22)8-17(19)21-20-16/h2-4,7-8,14-15H,5-6,9-10H2,1H3,(H2,19,21)/t14-,15-/m0/s1. The van der Waals surface area contributed by atoms with E-state index in [1.54, 1.807) is 0 Å². The molecule has 1 aromatic carbocycles. The molecule has 0 radical (unpaired) electrons. The summed E-state index contributed by atoms with van der Waals surface area (Å²) in [4.78, 5) is 14.7. The molecule has 1 aliphatic carbocycles. The van der Waals surface area contributed by atoms with Crippen molar-refractivity contribution in [2.45, 2.75) is 32.2 Å². The monoisotopic (exact) mass is 308 g/mol. The molecule has 118 valence electrons. The summed E-state index contributed by atoms with van der Waals surface area (Å²) in [7, 11) is 0. The van der Waals surface area contributed by atoms with E-state index in [1.165, 1.54) is 11.1 Å². The van der Waals surface area contributed by atoms with Crippen LogP contribution in [0.25, 0.3) is 0 Å². The molecule has 1 fully saturated rings. The molecule has 5 nitrogen and oxygen atoms in total. The maximum atomic E-state index is 12.8. The zero-order valence-electron chi connectivity index (χ0n) is 13.2. The highest BCUT2D eigenvalue weighted by molar-refractivity contribution is 5.83. The first kappa shape index (κ1) is 14.2. The lowest BCUT2D eigenvalue weighted by atomic mass is 10.0. The van der Waals surface area contributed by atoms with Gasteiger partial charge in [-0.1, -0.05) is 29.8 Å². The fourth-order valence-corrected chi connectivity index (χ4v) is 3.51. The number of nitrogens with zero attached hydrogens (tertiary/aromatic N) is 3. The maximum Gasteiger partial charge on any atom is 0.226 e. The molecule has 0 saturated heterocycles. The highest BCUT2D eigenvalue weighted by Gasteiger charge is 2.46. The Morgan fingerprint density at radius 3 is 3.00 bits per heavy atom. The summed E-state index contributed by atoms with van der Waals surface area (Å²) in [5, 5.41) is 8.03. The SMILES string of the molecule is Cc1cccc([C@@H]2C[C@@H]2C(=O)N2CCc3nnc(N)cc3C2)c1. The minimum Gasteiger partial charge on any atom is -0.382 e. The number of rotatable bonds is 2. The molecular formula is C18H20N4O. The highest BCUT2D eigenvalue weighted by Crippen LogP contribution is 2.48. The van der Waals surface area contributed by atoms with E-state index in [9.17, 15) is 4.79 Å². The van der Waals surface area contributed by atoms with Gasteiger partial charge in [0.25, 0.3) is 0 Å². The third-order valence-electron chi connectivity index (χ3n) is 4.85. The third kappa shape index (κ3) is 2.67. The molecule has 1 saturated carbocycles. The number of anilines is 1. The van der Waals surface area contributed by atoms with Crippen LogP contribution in [-0.4, -0.2) is 27.5 Å². The number of carbonyl (C=O) groups excluding carboxylic acids is 1. The van der Waals surface area contributed by atoms with Crippen LogP contribution in [0, 0.1) is 12.8 Å². The number of carbonyl (C=O) groups is 1. The summed E-state index contributed by atoms with van der Waals surface area (Å²) in [6.07, 6.45) is 1.72. The largest absolute Gasteiger partial charge is 0.382 e. The topological polar surface area (TPSA) is 72.1 Å². The number of benzene rings is 1. The van der Waals surface area contributed by atoms with E-state index in [0.717, 1.165) is 30.6 Å². The van der Waals surface area contributed by atoms with Crippen molar-refractivity contribution in [1.29, 1.82) is 0 Å². The second kappa shape index (κ2) is 5.33. The van der Waals surface area contributed by atoms with Crippen LogP contribution >= 0.6 is 0 Å². The molecule has 0 spiro atoms. The summed E-state index contributed by atoms with van der Waals surface area (Å²) in [5.41, 5.74) is 10.2. The Hall–Kier alpha value is -2.43. The van der Waals surface area contributed by atoms with Gasteiger partial charge in [-0.15, -0.1) is 5.10 Å². The van der Waals surface area contributed by atoms with E-state index in [0.29, 0.717) is 18.3 Å².